The van der Waals surface area contributed by atoms with Crippen molar-refractivity contribution in [2.75, 3.05) is 13.6 Å². The maximum absolute atomic E-state index is 12.9. The van der Waals surface area contributed by atoms with Gasteiger partial charge in [0, 0.05) is 44.4 Å². The topological polar surface area (TPSA) is 72.1 Å². The van der Waals surface area contributed by atoms with E-state index in [2.05, 4.69) is 15.1 Å². The second kappa shape index (κ2) is 8.33. The largest absolute Gasteiger partial charge is 0.345 e. The molecule has 0 spiro atoms. The highest BCUT2D eigenvalue weighted by Gasteiger charge is 2.13. The summed E-state index contributed by atoms with van der Waals surface area (Å²) < 4.78 is 18.1. The van der Waals surface area contributed by atoms with Crippen molar-refractivity contribution in [3.63, 3.8) is 0 Å². The molecule has 0 atom stereocenters. The highest BCUT2D eigenvalue weighted by atomic mass is 19.1. The molecule has 0 saturated heterocycles. The average Bonchev–Trinajstić information content (AvgIpc) is 3.15. The molecule has 0 fully saturated rings. The number of likely N-dealkylation sites (N-methyl/N-ethyl adjacent to an activating group) is 1. The Morgan fingerprint density at radius 1 is 1.19 bits per heavy atom. The summed E-state index contributed by atoms with van der Waals surface area (Å²) in [5.41, 5.74) is 1.76. The Hall–Kier alpha value is -3.09. The van der Waals surface area contributed by atoms with Crippen molar-refractivity contribution in [1.29, 1.82) is 0 Å². The Balaban J connectivity index is 1.47. The van der Waals surface area contributed by atoms with Gasteiger partial charge in [0.2, 0.25) is 17.6 Å². The molecular weight excluding hydrogens is 335 g/mol. The van der Waals surface area contributed by atoms with Gasteiger partial charge >= 0.3 is 0 Å². The number of amides is 1. The first kappa shape index (κ1) is 17.7. The molecular formula is C19H19FN4O2. The van der Waals surface area contributed by atoms with Gasteiger partial charge in [-0.15, -0.1) is 0 Å². The van der Waals surface area contributed by atoms with Crippen LogP contribution in [-0.4, -0.2) is 39.5 Å². The lowest BCUT2D eigenvalue weighted by Crippen LogP contribution is -2.29. The van der Waals surface area contributed by atoms with Gasteiger partial charge in [0.15, 0.2) is 0 Å². The van der Waals surface area contributed by atoms with Crippen LogP contribution in [0.4, 0.5) is 4.39 Å². The van der Waals surface area contributed by atoms with Gasteiger partial charge in [0.25, 0.3) is 0 Å². The lowest BCUT2D eigenvalue weighted by atomic mass is 10.1. The highest BCUT2D eigenvalue weighted by molar-refractivity contribution is 5.76. The Kier molecular flexibility index (Phi) is 5.68. The third-order valence-corrected chi connectivity index (χ3v) is 4.02. The van der Waals surface area contributed by atoms with Crippen LogP contribution in [0.2, 0.25) is 0 Å². The van der Waals surface area contributed by atoms with Crippen molar-refractivity contribution in [2.24, 2.45) is 0 Å². The van der Waals surface area contributed by atoms with E-state index < -0.39 is 0 Å². The van der Waals surface area contributed by atoms with Crippen molar-refractivity contribution < 1.29 is 13.7 Å². The zero-order chi connectivity index (χ0) is 18.4. The van der Waals surface area contributed by atoms with Crippen molar-refractivity contribution in [2.45, 2.75) is 19.3 Å². The maximum Gasteiger partial charge on any atom is 0.227 e. The van der Waals surface area contributed by atoms with E-state index >= 15 is 0 Å². The van der Waals surface area contributed by atoms with Crippen LogP contribution >= 0.6 is 0 Å². The summed E-state index contributed by atoms with van der Waals surface area (Å²) in [4.78, 5) is 22.2. The average molecular weight is 354 g/mol. The molecule has 7 heteroatoms. The second-order valence-electron chi connectivity index (χ2n) is 5.95. The van der Waals surface area contributed by atoms with E-state index in [9.17, 15) is 9.18 Å². The summed E-state index contributed by atoms with van der Waals surface area (Å²) in [6.45, 7) is 0.565. The molecule has 2 heterocycles. The number of aromatic nitrogens is 3. The molecule has 0 unspecified atom stereocenters. The molecule has 0 aliphatic carbocycles. The predicted octanol–water partition coefficient (Wildman–Crippen LogP) is 2.90. The second-order valence-corrected chi connectivity index (χ2v) is 5.95. The normalized spacial score (nSPS) is 10.7. The minimum Gasteiger partial charge on any atom is -0.345 e. The molecule has 0 bridgehead atoms. The van der Waals surface area contributed by atoms with Gasteiger partial charge in [-0.25, -0.2) is 4.39 Å². The van der Waals surface area contributed by atoms with Crippen LogP contribution in [0.15, 0.2) is 53.3 Å². The molecule has 0 aliphatic rings. The number of benzene rings is 1. The smallest absolute Gasteiger partial charge is 0.227 e. The zero-order valence-electron chi connectivity index (χ0n) is 14.4. The molecule has 0 N–H and O–H groups in total. The summed E-state index contributed by atoms with van der Waals surface area (Å²) in [5, 5.41) is 3.91. The fourth-order valence-electron chi connectivity index (χ4n) is 2.45. The predicted molar refractivity (Wildman–Crippen MR) is 93.6 cm³/mol. The van der Waals surface area contributed by atoms with E-state index in [1.54, 1.807) is 42.5 Å². The lowest BCUT2D eigenvalue weighted by molar-refractivity contribution is -0.129. The van der Waals surface area contributed by atoms with Crippen LogP contribution in [-0.2, 0) is 17.6 Å². The third-order valence-electron chi connectivity index (χ3n) is 4.02. The number of hydrogen-bond donors (Lipinski definition) is 0. The van der Waals surface area contributed by atoms with E-state index in [1.807, 2.05) is 6.07 Å². The molecule has 1 amide bonds. The maximum atomic E-state index is 12.9. The first-order valence-corrected chi connectivity index (χ1v) is 8.33. The molecule has 134 valence electrons. The fraction of sp³-hybridized carbons (Fsp3) is 0.263. The number of carbonyl (C=O) groups is 1. The van der Waals surface area contributed by atoms with Crippen LogP contribution in [0.25, 0.3) is 11.4 Å². The standard InChI is InChI=1S/C19H19FN4O2/c1-24(12-10-14-4-6-16(20)7-5-14)18(25)9-8-17-22-19(23-26-17)15-3-2-11-21-13-15/h2-7,11,13H,8-10,12H2,1H3. The van der Waals surface area contributed by atoms with Gasteiger partial charge in [-0.3, -0.25) is 9.78 Å². The van der Waals surface area contributed by atoms with E-state index in [0.717, 1.165) is 11.1 Å². The number of nitrogens with zero attached hydrogens (tertiary/aromatic N) is 4. The van der Waals surface area contributed by atoms with Crippen LogP contribution in [0, 0.1) is 5.82 Å². The van der Waals surface area contributed by atoms with Crippen molar-refractivity contribution in [3.8, 4) is 11.4 Å². The molecule has 26 heavy (non-hydrogen) atoms. The summed E-state index contributed by atoms with van der Waals surface area (Å²) in [7, 11) is 1.75. The van der Waals surface area contributed by atoms with Gasteiger partial charge < -0.3 is 9.42 Å². The Morgan fingerprint density at radius 3 is 2.73 bits per heavy atom. The Bertz CT molecular complexity index is 849. The number of aryl methyl sites for hydroxylation is 1. The molecule has 6 nitrogen and oxygen atoms in total. The lowest BCUT2D eigenvalue weighted by Gasteiger charge is -2.16. The Morgan fingerprint density at radius 2 is 2.00 bits per heavy atom. The van der Waals surface area contributed by atoms with Gasteiger partial charge in [-0.2, -0.15) is 4.98 Å². The zero-order valence-corrected chi connectivity index (χ0v) is 14.4. The first-order valence-electron chi connectivity index (χ1n) is 8.33. The SMILES string of the molecule is CN(CCc1ccc(F)cc1)C(=O)CCc1nc(-c2cccnc2)no1. The number of halogens is 1. The minimum absolute atomic E-state index is 0.00626. The van der Waals surface area contributed by atoms with Crippen molar-refractivity contribution in [3.05, 3.63) is 66.1 Å². The van der Waals surface area contributed by atoms with E-state index in [1.165, 1.54) is 12.1 Å². The minimum atomic E-state index is -0.261. The van der Waals surface area contributed by atoms with Crippen molar-refractivity contribution in [1.82, 2.24) is 20.0 Å². The van der Waals surface area contributed by atoms with Gasteiger partial charge in [-0.1, -0.05) is 17.3 Å². The van der Waals surface area contributed by atoms with Gasteiger partial charge in [-0.05, 0) is 36.2 Å². The molecule has 0 saturated carbocycles. The summed E-state index contributed by atoms with van der Waals surface area (Å²) in [6.07, 6.45) is 4.67. The summed E-state index contributed by atoms with van der Waals surface area (Å²) in [6, 6.07) is 9.94. The first-order chi connectivity index (χ1) is 12.6. The van der Waals surface area contributed by atoms with E-state index in [-0.39, 0.29) is 18.1 Å². The number of hydrogen-bond acceptors (Lipinski definition) is 5. The van der Waals surface area contributed by atoms with Crippen LogP contribution < -0.4 is 0 Å². The third kappa shape index (κ3) is 4.72. The number of carbonyl (C=O) groups excluding carboxylic acids is 1. The monoisotopic (exact) mass is 354 g/mol. The summed E-state index contributed by atoms with van der Waals surface area (Å²) in [5.74, 6) is 0.617. The molecule has 1 aromatic carbocycles. The van der Waals surface area contributed by atoms with Gasteiger partial charge in [0.05, 0.1) is 0 Å². The molecule has 3 rings (SSSR count). The van der Waals surface area contributed by atoms with E-state index in [0.29, 0.717) is 31.1 Å². The van der Waals surface area contributed by atoms with Gasteiger partial charge in [0.1, 0.15) is 5.82 Å². The van der Waals surface area contributed by atoms with Crippen molar-refractivity contribution >= 4 is 5.91 Å². The Labute approximate surface area is 150 Å². The fourth-order valence-corrected chi connectivity index (χ4v) is 2.45. The molecule has 0 aliphatic heterocycles. The molecule has 0 radical (unpaired) electrons. The van der Waals surface area contributed by atoms with Crippen LogP contribution in [0.5, 0.6) is 0 Å². The number of pyridine rings is 1. The van der Waals surface area contributed by atoms with Crippen LogP contribution in [0.3, 0.4) is 0 Å². The van der Waals surface area contributed by atoms with E-state index in [4.69, 9.17) is 4.52 Å². The highest BCUT2D eigenvalue weighted by Crippen LogP contribution is 2.14. The molecule has 3 aromatic rings. The quantitative estimate of drug-likeness (QED) is 0.652. The van der Waals surface area contributed by atoms with Crippen LogP contribution in [0.1, 0.15) is 17.9 Å². The molecule has 2 aromatic heterocycles. The summed E-state index contributed by atoms with van der Waals surface area (Å²) >= 11 is 0. The number of rotatable bonds is 7.